The minimum atomic E-state index is 0.450. The second kappa shape index (κ2) is 8.48. The van der Waals surface area contributed by atoms with Crippen molar-refractivity contribution in [2.45, 2.75) is 26.4 Å². The lowest BCUT2D eigenvalue weighted by Crippen LogP contribution is -2.51. The summed E-state index contributed by atoms with van der Waals surface area (Å²) in [5.74, 6) is 0.998. The topological polar surface area (TPSA) is 32.3 Å². The molecule has 4 aromatic rings. The molecule has 0 radical (unpaired) electrons. The number of piperazine rings is 1. The van der Waals surface area contributed by atoms with Crippen LogP contribution in [0.5, 0.6) is 0 Å². The molecule has 0 amide bonds. The molecule has 156 valence electrons. The van der Waals surface area contributed by atoms with Crippen molar-refractivity contribution in [3.05, 3.63) is 90.0 Å². The van der Waals surface area contributed by atoms with E-state index in [-0.39, 0.29) is 0 Å². The van der Waals surface area contributed by atoms with E-state index in [4.69, 9.17) is 5.10 Å². The van der Waals surface area contributed by atoms with Crippen LogP contribution < -0.4 is 4.90 Å². The smallest absolute Gasteiger partial charge is 0.159 e. The number of anilines is 1. The predicted octanol–water partition coefficient (Wildman–Crippen LogP) is 5.32. The number of aromatic nitrogens is 2. The van der Waals surface area contributed by atoms with Crippen molar-refractivity contribution in [3.8, 4) is 11.3 Å². The molecule has 0 unspecified atom stereocenters. The van der Waals surface area contributed by atoms with Crippen LogP contribution in [0.3, 0.4) is 0 Å². The SMILES string of the molecule is Cc1ccc(-c2nnc(N3CCN(Cc4ccccc4)[C@@H](C)C3)c3ccccc23)cc1. The molecule has 5 rings (SSSR count). The zero-order valence-corrected chi connectivity index (χ0v) is 18.2. The van der Waals surface area contributed by atoms with Crippen LogP contribution in [0.1, 0.15) is 18.1 Å². The quantitative estimate of drug-likeness (QED) is 0.458. The fourth-order valence-electron chi connectivity index (χ4n) is 4.49. The van der Waals surface area contributed by atoms with Gasteiger partial charge in [-0.3, -0.25) is 4.90 Å². The van der Waals surface area contributed by atoms with Crippen molar-refractivity contribution in [1.29, 1.82) is 0 Å². The first-order valence-electron chi connectivity index (χ1n) is 11.0. The first-order valence-corrected chi connectivity index (χ1v) is 11.0. The van der Waals surface area contributed by atoms with Gasteiger partial charge in [0.25, 0.3) is 0 Å². The highest BCUT2D eigenvalue weighted by Crippen LogP contribution is 2.32. The fourth-order valence-corrected chi connectivity index (χ4v) is 4.49. The molecule has 1 aliphatic heterocycles. The van der Waals surface area contributed by atoms with Gasteiger partial charge in [0.1, 0.15) is 5.69 Å². The number of rotatable bonds is 4. The predicted molar refractivity (Wildman–Crippen MR) is 128 cm³/mol. The highest BCUT2D eigenvalue weighted by Gasteiger charge is 2.26. The van der Waals surface area contributed by atoms with E-state index in [0.717, 1.165) is 48.6 Å². The number of aryl methyl sites for hydroxylation is 1. The standard InChI is InChI=1S/C27H28N4/c1-20-12-14-23(15-13-20)26-24-10-6-7-11-25(24)27(29-28-26)31-17-16-30(21(2)18-31)19-22-8-4-3-5-9-22/h3-15,21H,16-19H2,1-2H3/t21-/m0/s1. The van der Waals surface area contributed by atoms with Crippen LogP contribution in [0, 0.1) is 6.92 Å². The van der Waals surface area contributed by atoms with Crippen LogP contribution in [-0.4, -0.2) is 40.8 Å². The maximum atomic E-state index is 4.73. The summed E-state index contributed by atoms with van der Waals surface area (Å²) in [5, 5.41) is 11.8. The molecule has 1 aliphatic rings. The largest absolute Gasteiger partial charge is 0.352 e. The Morgan fingerprint density at radius 2 is 1.52 bits per heavy atom. The Morgan fingerprint density at radius 1 is 0.806 bits per heavy atom. The molecule has 4 heteroatoms. The fraction of sp³-hybridized carbons (Fsp3) is 0.259. The zero-order valence-electron chi connectivity index (χ0n) is 18.2. The molecule has 0 saturated carbocycles. The first kappa shape index (κ1) is 19.7. The van der Waals surface area contributed by atoms with Crippen molar-refractivity contribution in [1.82, 2.24) is 15.1 Å². The molecule has 1 saturated heterocycles. The molecule has 2 heterocycles. The second-order valence-electron chi connectivity index (χ2n) is 8.53. The van der Waals surface area contributed by atoms with Crippen molar-refractivity contribution in [2.24, 2.45) is 0 Å². The van der Waals surface area contributed by atoms with Crippen molar-refractivity contribution < 1.29 is 0 Å². The molecule has 1 aromatic heterocycles. The molecule has 0 N–H and O–H groups in total. The number of hydrogen-bond acceptors (Lipinski definition) is 4. The number of hydrogen-bond donors (Lipinski definition) is 0. The lowest BCUT2D eigenvalue weighted by atomic mass is 10.0. The molecule has 0 bridgehead atoms. The van der Waals surface area contributed by atoms with Crippen LogP contribution in [0.2, 0.25) is 0 Å². The summed E-state index contributed by atoms with van der Waals surface area (Å²) in [4.78, 5) is 4.96. The van der Waals surface area contributed by atoms with Crippen molar-refractivity contribution in [2.75, 3.05) is 24.5 Å². The van der Waals surface area contributed by atoms with Gasteiger partial charge in [-0.2, -0.15) is 0 Å². The Bertz CT molecular complexity index is 1170. The minimum absolute atomic E-state index is 0.450. The van der Waals surface area contributed by atoms with Gasteiger partial charge >= 0.3 is 0 Å². The molecular formula is C27H28N4. The van der Waals surface area contributed by atoms with Gasteiger partial charge in [-0.25, -0.2) is 0 Å². The highest BCUT2D eigenvalue weighted by molar-refractivity contribution is 6.00. The van der Waals surface area contributed by atoms with E-state index in [1.807, 2.05) is 0 Å². The Labute approximate surface area is 184 Å². The summed E-state index contributed by atoms with van der Waals surface area (Å²) in [5.41, 5.74) is 4.69. The van der Waals surface area contributed by atoms with Crippen LogP contribution >= 0.6 is 0 Å². The molecule has 3 aromatic carbocycles. The van der Waals surface area contributed by atoms with Gasteiger partial charge in [-0.05, 0) is 19.4 Å². The van der Waals surface area contributed by atoms with Crippen LogP contribution in [0.15, 0.2) is 78.9 Å². The van der Waals surface area contributed by atoms with E-state index in [1.165, 1.54) is 16.5 Å². The average molecular weight is 409 g/mol. The van der Waals surface area contributed by atoms with Gasteiger partial charge in [-0.15, -0.1) is 10.2 Å². The molecule has 0 aliphatic carbocycles. The van der Waals surface area contributed by atoms with E-state index in [2.05, 4.69) is 108 Å². The highest BCUT2D eigenvalue weighted by atomic mass is 15.3. The summed E-state index contributed by atoms with van der Waals surface area (Å²) in [7, 11) is 0. The van der Waals surface area contributed by atoms with E-state index >= 15 is 0 Å². The molecule has 1 atom stereocenters. The molecule has 1 fully saturated rings. The maximum Gasteiger partial charge on any atom is 0.159 e. The van der Waals surface area contributed by atoms with Gasteiger partial charge in [0.2, 0.25) is 0 Å². The van der Waals surface area contributed by atoms with E-state index in [9.17, 15) is 0 Å². The van der Waals surface area contributed by atoms with E-state index < -0.39 is 0 Å². The number of fused-ring (bicyclic) bond motifs is 1. The molecule has 31 heavy (non-hydrogen) atoms. The number of benzene rings is 3. The summed E-state index contributed by atoms with van der Waals surface area (Å²) < 4.78 is 0. The normalized spacial score (nSPS) is 17.2. The monoisotopic (exact) mass is 408 g/mol. The third-order valence-electron chi connectivity index (χ3n) is 6.29. The molecular weight excluding hydrogens is 380 g/mol. The second-order valence-corrected chi connectivity index (χ2v) is 8.53. The summed E-state index contributed by atoms with van der Waals surface area (Å²) in [6.07, 6.45) is 0. The first-order chi connectivity index (χ1) is 15.2. The average Bonchev–Trinajstić information content (AvgIpc) is 2.81. The Balaban J connectivity index is 1.42. The Kier molecular flexibility index (Phi) is 5.39. The molecule has 0 spiro atoms. The van der Waals surface area contributed by atoms with Gasteiger partial charge in [-0.1, -0.05) is 84.4 Å². The summed E-state index contributed by atoms with van der Waals surface area (Å²) in [6, 6.07) is 28.3. The van der Waals surface area contributed by atoms with Gasteiger partial charge in [0.05, 0.1) is 0 Å². The maximum absolute atomic E-state index is 4.73. The third-order valence-corrected chi connectivity index (χ3v) is 6.29. The zero-order chi connectivity index (χ0) is 21.2. The number of nitrogens with zero attached hydrogens (tertiary/aromatic N) is 4. The van der Waals surface area contributed by atoms with Crippen molar-refractivity contribution in [3.63, 3.8) is 0 Å². The lowest BCUT2D eigenvalue weighted by Gasteiger charge is -2.40. The third kappa shape index (κ3) is 4.04. The Morgan fingerprint density at radius 3 is 2.26 bits per heavy atom. The van der Waals surface area contributed by atoms with Crippen LogP contribution in [0.4, 0.5) is 5.82 Å². The molecule has 4 nitrogen and oxygen atoms in total. The van der Waals surface area contributed by atoms with Crippen LogP contribution in [-0.2, 0) is 6.54 Å². The van der Waals surface area contributed by atoms with Crippen molar-refractivity contribution >= 4 is 16.6 Å². The summed E-state index contributed by atoms with van der Waals surface area (Å²) in [6.45, 7) is 8.34. The van der Waals surface area contributed by atoms with Gasteiger partial charge < -0.3 is 4.90 Å². The van der Waals surface area contributed by atoms with Gasteiger partial charge in [0, 0.05) is 48.6 Å². The van der Waals surface area contributed by atoms with E-state index in [0.29, 0.717) is 6.04 Å². The van der Waals surface area contributed by atoms with Gasteiger partial charge in [0.15, 0.2) is 5.82 Å². The lowest BCUT2D eigenvalue weighted by molar-refractivity contribution is 0.180. The Hall–Kier alpha value is -3.24. The van der Waals surface area contributed by atoms with E-state index in [1.54, 1.807) is 0 Å². The van der Waals surface area contributed by atoms with Crippen LogP contribution in [0.25, 0.3) is 22.0 Å². The summed E-state index contributed by atoms with van der Waals surface area (Å²) >= 11 is 0. The minimum Gasteiger partial charge on any atom is -0.352 e.